The Morgan fingerprint density at radius 1 is 1.02 bits per heavy atom. The molecule has 4 saturated heterocycles. The van der Waals surface area contributed by atoms with Crippen LogP contribution in [0.3, 0.4) is 0 Å². The van der Waals surface area contributed by atoms with Crippen LogP contribution in [0, 0.1) is 11.2 Å². The van der Waals surface area contributed by atoms with E-state index in [9.17, 15) is 14.4 Å². The largest absolute Gasteiger partial charge is 0.322 e. The number of carbonyl (C=O) groups excluding carboxylic acids is 3. The number of carbonyl (C=O) groups is 3. The van der Waals surface area contributed by atoms with E-state index in [-0.39, 0.29) is 36.0 Å². The maximum Gasteiger partial charge on any atom is 0.255 e. The Balaban J connectivity index is 1.02. The number of hydrogen-bond acceptors (Lipinski definition) is 5. The molecule has 1 N–H and O–H groups in total. The van der Waals surface area contributed by atoms with Gasteiger partial charge in [-0.15, -0.1) is 0 Å². The van der Waals surface area contributed by atoms with Crippen molar-refractivity contribution in [2.75, 3.05) is 19.6 Å². The van der Waals surface area contributed by atoms with E-state index in [4.69, 9.17) is 11.6 Å². The Labute approximate surface area is 257 Å². The van der Waals surface area contributed by atoms with Crippen LogP contribution >= 0.6 is 11.6 Å². The first-order valence-electron chi connectivity index (χ1n) is 15.5. The molecule has 0 aromatic heterocycles. The van der Waals surface area contributed by atoms with E-state index in [1.165, 1.54) is 34.1 Å². The lowest BCUT2D eigenvalue weighted by Gasteiger charge is -2.57. The molecule has 4 fully saturated rings. The molecule has 8 rings (SSSR count). The number of rotatable bonds is 6. The number of amides is 3. The summed E-state index contributed by atoms with van der Waals surface area (Å²) >= 11 is 6.19. The maximum absolute atomic E-state index is 15.3. The van der Waals surface area contributed by atoms with E-state index < -0.39 is 11.9 Å². The Kier molecular flexibility index (Phi) is 7.22. The third kappa shape index (κ3) is 5.42. The van der Waals surface area contributed by atoms with Gasteiger partial charge in [-0.05, 0) is 78.5 Å². The van der Waals surface area contributed by atoms with Crippen molar-refractivity contribution in [3.05, 3.63) is 75.1 Å². The van der Waals surface area contributed by atoms with Gasteiger partial charge in [-0.3, -0.25) is 29.5 Å². The third-order valence-electron chi connectivity index (χ3n) is 10.3. The molecule has 5 aliphatic heterocycles. The highest BCUT2D eigenvalue weighted by molar-refractivity contribution is 6.30. The highest BCUT2D eigenvalue weighted by atomic mass is 35.5. The number of nitrogens with one attached hydrogen (secondary N) is 1. The molecular formula is C34H38ClFN4O3. The summed E-state index contributed by atoms with van der Waals surface area (Å²) in [5.41, 5.74) is 6.22. The molecule has 3 atom stereocenters. The van der Waals surface area contributed by atoms with Crippen molar-refractivity contribution in [3.8, 4) is 0 Å². The van der Waals surface area contributed by atoms with Crippen molar-refractivity contribution in [2.24, 2.45) is 5.41 Å². The van der Waals surface area contributed by atoms with Gasteiger partial charge in [0.05, 0.1) is 0 Å². The summed E-state index contributed by atoms with van der Waals surface area (Å²) in [6, 6.07) is 11.5. The summed E-state index contributed by atoms with van der Waals surface area (Å²) in [6.07, 6.45) is 4.98. The van der Waals surface area contributed by atoms with Crippen LogP contribution in [-0.2, 0) is 22.7 Å². The van der Waals surface area contributed by atoms with Gasteiger partial charge in [0.1, 0.15) is 11.9 Å². The monoisotopic (exact) mass is 604 g/mol. The first kappa shape index (κ1) is 28.7. The molecule has 3 unspecified atom stereocenters. The smallest absolute Gasteiger partial charge is 0.255 e. The molecule has 2 aromatic rings. The highest BCUT2D eigenvalue weighted by Crippen LogP contribution is 2.44. The van der Waals surface area contributed by atoms with Crippen LogP contribution in [0.5, 0.6) is 0 Å². The molecule has 0 spiro atoms. The van der Waals surface area contributed by atoms with Crippen LogP contribution < -0.4 is 5.32 Å². The molecule has 43 heavy (non-hydrogen) atoms. The number of imide groups is 1. The lowest BCUT2D eigenvalue weighted by Crippen LogP contribution is -2.68. The van der Waals surface area contributed by atoms with Crippen molar-refractivity contribution in [1.29, 1.82) is 0 Å². The van der Waals surface area contributed by atoms with Crippen molar-refractivity contribution in [3.63, 3.8) is 0 Å². The standard InChI is InChI=1S/C34H38ClFN4O3/c1-34(2)10-9-21(28(14-34)20-3-5-24(35)6-4-20)15-38-18-25-12-26(19-38)39(25)17-23-11-22-16-40(33(43)27(22)13-29(23)36)30-7-8-31(41)37-32(30)42/h3-6,11,13,25-26,30H,7-10,12,14-19H2,1-2H3,(H,37,41,42). The lowest BCUT2D eigenvalue weighted by molar-refractivity contribution is -0.136. The van der Waals surface area contributed by atoms with E-state index in [0.29, 0.717) is 36.2 Å². The fourth-order valence-corrected chi connectivity index (χ4v) is 7.98. The number of piperazine rings is 1. The fourth-order valence-electron chi connectivity index (χ4n) is 7.85. The Bertz CT molecular complexity index is 1520. The minimum atomic E-state index is -0.699. The van der Waals surface area contributed by atoms with E-state index in [1.54, 1.807) is 0 Å². The van der Waals surface area contributed by atoms with Crippen LogP contribution in [0.4, 0.5) is 4.39 Å². The predicted molar refractivity (Wildman–Crippen MR) is 163 cm³/mol. The van der Waals surface area contributed by atoms with Gasteiger partial charge in [-0.2, -0.15) is 0 Å². The summed E-state index contributed by atoms with van der Waals surface area (Å²) in [6.45, 7) is 8.39. The first-order chi connectivity index (χ1) is 20.5. The number of nitrogens with zero attached hydrogens (tertiary/aromatic N) is 3. The molecule has 5 heterocycles. The zero-order valence-electron chi connectivity index (χ0n) is 24.8. The minimum Gasteiger partial charge on any atom is -0.322 e. The van der Waals surface area contributed by atoms with Gasteiger partial charge in [-0.25, -0.2) is 4.39 Å². The van der Waals surface area contributed by atoms with Crippen LogP contribution in [-0.4, -0.2) is 70.2 Å². The maximum atomic E-state index is 15.3. The van der Waals surface area contributed by atoms with E-state index in [0.717, 1.165) is 49.5 Å². The second-order valence-corrected chi connectivity index (χ2v) is 14.3. The molecule has 6 aliphatic rings. The van der Waals surface area contributed by atoms with Gasteiger partial charge in [0, 0.05) is 67.4 Å². The molecular weight excluding hydrogens is 567 g/mol. The summed E-state index contributed by atoms with van der Waals surface area (Å²) in [5, 5.41) is 3.08. The highest BCUT2D eigenvalue weighted by Gasteiger charge is 2.45. The van der Waals surface area contributed by atoms with E-state index in [2.05, 4.69) is 41.1 Å². The topological polar surface area (TPSA) is 73.0 Å². The van der Waals surface area contributed by atoms with Crippen molar-refractivity contribution in [1.82, 2.24) is 20.0 Å². The summed E-state index contributed by atoms with van der Waals surface area (Å²) in [4.78, 5) is 43.5. The summed E-state index contributed by atoms with van der Waals surface area (Å²) < 4.78 is 15.3. The number of halogens is 2. The molecule has 0 radical (unpaired) electrons. The van der Waals surface area contributed by atoms with Crippen LogP contribution in [0.1, 0.15) is 79.4 Å². The minimum absolute atomic E-state index is 0.197. The van der Waals surface area contributed by atoms with E-state index in [1.807, 2.05) is 18.2 Å². The molecule has 3 amide bonds. The van der Waals surface area contributed by atoms with Gasteiger partial charge in [0.2, 0.25) is 11.8 Å². The number of fused-ring (bicyclic) bond motifs is 3. The Morgan fingerprint density at radius 3 is 2.49 bits per heavy atom. The van der Waals surface area contributed by atoms with Gasteiger partial charge in [0.15, 0.2) is 0 Å². The number of allylic oxidation sites excluding steroid dienone is 1. The lowest BCUT2D eigenvalue weighted by atomic mass is 9.72. The first-order valence-corrected chi connectivity index (χ1v) is 15.8. The average molecular weight is 605 g/mol. The van der Waals surface area contributed by atoms with Crippen LogP contribution in [0.2, 0.25) is 5.02 Å². The van der Waals surface area contributed by atoms with Crippen LogP contribution in [0.15, 0.2) is 42.0 Å². The normalized spacial score (nSPS) is 27.3. The van der Waals surface area contributed by atoms with Gasteiger partial charge in [0.25, 0.3) is 5.91 Å². The van der Waals surface area contributed by atoms with E-state index >= 15 is 4.39 Å². The summed E-state index contributed by atoms with van der Waals surface area (Å²) in [7, 11) is 0. The number of piperidine rings is 2. The second kappa shape index (κ2) is 10.8. The molecule has 7 nitrogen and oxygen atoms in total. The molecule has 9 heteroatoms. The van der Waals surface area contributed by atoms with Crippen molar-refractivity contribution in [2.45, 2.75) is 83.6 Å². The van der Waals surface area contributed by atoms with Crippen molar-refractivity contribution < 1.29 is 18.8 Å². The average Bonchev–Trinajstić information content (AvgIpc) is 3.27. The fraction of sp³-hybridized carbons (Fsp3) is 0.500. The third-order valence-corrected chi connectivity index (χ3v) is 10.5. The zero-order chi connectivity index (χ0) is 30.0. The summed E-state index contributed by atoms with van der Waals surface area (Å²) in [5.74, 6) is -1.49. The SMILES string of the molecule is CC1(C)CCC(CN2CC3CC(C2)N3Cc2cc3c(cc2F)C(=O)N(C2CCC(=O)NC2=O)C3)=C(c2ccc(Cl)cc2)C1. The van der Waals surface area contributed by atoms with Gasteiger partial charge < -0.3 is 4.90 Å². The van der Waals surface area contributed by atoms with Crippen molar-refractivity contribution >= 4 is 34.9 Å². The van der Waals surface area contributed by atoms with Crippen LogP contribution in [0.25, 0.3) is 5.57 Å². The molecule has 0 saturated carbocycles. The quantitative estimate of drug-likeness (QED) is 0.461. The molecule has 226 valence electrons. The predicted octanol–water partition coefficient (Wildman–Crippen LogP) is 5.16. The molecule has 1 aliphatic carbocycles. The molecule has 2 aromatic carbocycles. The number of benzene rings is 2. The second-order valence-electron chi connectivity index (χ2n) is 13.8. The number of hydrogen-bond donors (Lipinski definition) is 1. The van der Waals surface area contributed by atoms with Gasteiger partial charge >= 0.3 is 0 Å². The molecule has 2 bridgehead atoms. The zero-order valence-corrected chi connectivity index (χ0v) is 25.6. The Morgan fingerprint density at radius 2 is 1.77 bits per heavy atom. The Hall–Kier alpha value is -3.07. The van der Waals surface area contributed by atoms with Gasteiger partial charge in [-0.1, -0.05) is 43.2 Å².